The number of carboxylic acid groups (broad SMARTS) is 1. The lowest BCUT2D eigenvalue weighted by molar-refractivity contribution is 0.0697. The van der Waals surface area contributed by atoms with E-state index in [0.717, 1.165) is 11.1 Å². The summed E-state index contributed by atoms with van der Waals surface area (Å²) in [6, 6.07) is 10.0. The molecule has 1 heterocycles. The largest absolute Gasteiger partial charge is 0.478 e. The van der Waals surface area contributed by atoms with Crippen molar-refractivity contribution in [1.29, 1.82) is 0 Å². The molecule has 6 heteroatoms. The van der Waals surface area contributed by atoms with Gasteiger partial charge in [0.05, 0.1) is 16.6 Å². The summed E-state index contributed by atoms with van der Waals surface area (Å²) < 4.78 is 1.88. The number of carbonyl (C=O) groups is 1. The molecule has 0 aliphatic rings. The van der Waals surface area contributed by atoms with Gasteiger partial charge in [-0.2, -0.15) is 0 Å². The minimum atomic E-state index is -0.977. The second-order valence-electron chi connectivity index (χ2n) is 4.66. The van der Waals surface area contributed by atoms with Crippen LogP contribution in [0.2, 0.25) is 10.0 Å². The van der Waals surface area contributed by atoms with E-state index in [2.05, 4.69) is 4.98 Å². The van der Waals surface area contributed by atoms with Gasteiger partial charge in [-0.1, -0.05) is 23.2 Å². The lowest BCUT2D eigenvalue weighted by Crippen LogP contribution is -1.95. The first-order valence-corrected chi connectivity index (χ1v) is 6.87. The van der Waals surface area contributed by atoms with Crippen molar-refractivity contribution >= 4 is 40.2 Å². The Kier molecular flexibility index (Phi) is 3.35. The molecule has 0 unspecified atom stereocenters. The quantitative estimate of drug-likeness (QED) is 0.768. The van der Waals surface area contributed by atoms with Crippen LogP contribution in [0.25, 0.3) is 22.4 Å². The Bertz CT molecular complexity index is 851. The van der Waals surface area contributed by atoms with E-state index in [9.17, 15) is 4.79 Å². The average molecular weight is 321 g/mol. The number of hydrogen-bond donors (Lipinski definition) is 1. The number of nitrogens with zero attached hydrogens (tertiary/aromatic N) is 2. The van der Waals surface area contributed by atoms with E-state index in [4.69, 9.17) is 28.3 Å². The normalized spacial score (nSPS) is 11.0. The topological polar surface area (TPSA) is 55.1 Å². The van der Waals surface area contributed by atoms with Crippen molar-refractivity contribution in [3.05, 3.63) is 52.0 Å². The highest BCUT2D eigenvalue weighted by Gasteiger charge is 2.13. The molecule has 2 aromatic carbocycles. The molecule has 3 rings (SSSR count). The van der Waals surface area contributed by atoms with Gasteiger partial charge >= 0.3 is 5.97 Å². The molecule has 21 heavy (non-hydrogen) atoms. The molecule has 0 aliphatic carbocycles. The van der Waals surface area contributed by atoms with Crippen LogP contribution in [0, 0.1) is 0 Å². The summed E-state index contributed by atoms with van der Waals surface area (Å²) in [5.74, 6) is -0.299. The minimum Gasteiger partial charge on any atom is -0.478 e. The Hall–Kier alpha value is -2.04. The number of benzene rings is 2. The number of aryl methyl sites for hydroxylation is 1. The number of imidazole rings is 1. The average Bonchev–Trinajstić information content (AvgIpc) is 2.74. The SMILES string of the molecule is Cn1c(-c2cc(Cl)cc(Cl)c2)nc2cc(C(=O)O)ccc21. The number of aromatic nitrogens is 2. The van der Waals surface area contributed by atoms with E-state index in [1.807, 2.05) is 11.6 Å². The molecule has 0 amide bonds. The summed E-state index contributed by atoms with van der Waals surface area (Å²) in [6.07, 6.45) is 0. The number of hydrogen-bond acceptors (Lipinski definition) is 2. The van der Waals surface area contributed by atoms with Gasteiger partial charge in [0.15, 0.2) is 0 Å². The van der Waals surface area contributed by atoms with Crippen LogP contribution >= 0.6 is 23.2 Å². The van der Waals surface area contributed by atoms with E-state index in [1.54, 1.807) is 36.4 Å². The first-order valence-electron chi connectivity index (χ1n) is 6.12. The molecule has 106 valence electrons. The summed E-state index contributed by atoms with van der Waals surface area (Å²) in [7, 11) is 1.86. The third kappa shape index (κ3) is 2.48. The molecule has 0 radical (unpaired) electrons. The van der Waals surface area contributed by atoms with Crippen LogP contribution in [0.5, 0.6) is 0 Å². The molecule has 0 saturated heterocycles. The molecule has 3 aromatic rings. The zero-order chi connectivity index (χ0) is 15.1. The van der Waals surface area contributed by atoms with Gasteiger partial charge < -0.3 is 9.67 Å². The molecule has 1 aromatic heterocycles. The van der Waals surface area contributed by atoms with Gasteiger partial charge in [0.2, 0.25) is 0 Å². The highest BCUT2D eigenvalue weighted by Crippen LogP contribution is 2.29. The van der Waals surface area contributed by atoms with E-state index < -0.39 is 5.97 Å². The van der Waals surface area contributed by atoms with E-state index in [-0.39, 0.29) is 5.56 Å². The molecular formula is C15H10Cl2N2O2. The highest BCUT2D eigenvalue weighted by atomic mass is 35.5. The Morgan fingerprint density at radius 2 is 1.81 bits per heavy atom. The maximum Gasteiger partial charge on any atom is 0.335 e. The first-order chi connectivity index (χ1) is 9.95. The maximum absolute atomic E-state index is 11.0. The highest BCUT2D eigenvalue weighted by molar-refractivity contribution is 6.35. The fourth-order valence-electron chi connectivity index (χ4n) is 2.27. The third-order valence-corrected chi connectivity index (χ3v) is 3.68. The summed E-state index contributed by atoms with van der Waals surface area (Å²) >= 11 is 12.0. The summed E-state index contributed by atoms with van der Waals surface area (Å²) in [5.41, 5.74) is 2.44. The van der Waals surface area contributed by atoms with E-state index in [0.29, 0.717) is 21.4 Å². The van der Waals surface area contributed by atoms with E-state index >= 15 is 0 Å². The Morgan fingerprint density at radius 1 is 1.14 bits per heavy atom. The van der Waals surface area contributed by atoms with Gasteiger partial charge in [0, 0.05) is 22.7 Å². The Morgan fingerprint density at radius 3 is 2.43 bits per heavy atom. The zero-order valence-electron chi connectivity index (χ0n) is 11.0. The van der Waals surface area contributed by atoms with Crippen molar-refractivity contribution in [1.82, 2.24) is 9.55 Å². The first kappa shape index (κ1) is 13.9. The van der Waals surface area contributed by atoms with Crippen molar-refractivity contribution < 1.29 is 9.90 Å². The second-order valence-corrected chi connectivity index (χ2v) is 5.53. The number of fused-ring (bicyclic) bond motifs is 1. The fourth-order valence-corrected chi connectivity index (χ4v) is 2.80. The molecule has 4 nitrogen and oxygen atoms in total. The van der Waals surface area contributed by atoms with Crippen LogP contribution in [0.4, 0.5) is 0 Å². The van der Waals surface area contributed by atoms with Crippen LogP contribution in [0.1, 0.15) is 10.4 Å². The molecule has 0 spiro atoms. The molecule has 0 aliphatic heterocycles. The Labute approximate surface area is 130 Å². The summed E-state index contributed by atoms with van der Waals surface area (Å²) in [4.78, 5) is 15.5. The van der Waals surface area contributed by atoms with Crippen molar-refractivity contribution in [3.8, 4) is 11.4 Å². The van der Waals surface area contributed by atoms with Crippen molar-refractivity contribution in [2.45, 2.75) is 0 Å². The van der Waals surface area contributed by atoms with Gasteiger partial charge in [-0.05, 0) is 36.4 Å². The lowest BCUT2D eigenvalue weighted by atomic mass is 10.2. The van der Waals surface area contributed by atoms with Crippen molar-refractivity contribution in [2.75, 3.05) is 0 Å². The van der Waals surface area contributed by atoms with Crippen LogP contribution in [0.3, 0.4) is 0 Å². The minimum absolute atomic E-state index is 0.205. The van der Waals surface area contributed by atoms with E-state index in [1.165, 1.54) is 0 Å². The molecule has 1 N–H and O–H groups in total. The lowest BCUT2D eigenvalue weighted by Gasteiger charge is -2.04. The number of halogens is 2. The third-order valence-electron chi connectivity index (χ3n) is 3.25. The molecule has 0 atom stereocenters. The molecule has 0 fully saturated rings. The van der Waals surface area contributed by atoms with Gasteiger partial charge in [0.25, 0.3) is 0 Å². The van der Waals surface area contributed by atoms with Crippen LogP contribution in [0.15, 0.2) is 36.4 Å². The van der Waals surface area contributed by atoms with Gasteiger partial charge in [-0.15, -0.1) is 0 Å². The Balaban J connectivity index is 2.23. The summed E-state index contributed by atoms with van der Waals surface area (Å²) in [6.45, 7) is 0. The molecular weight excluding hydrogens is 311 g/mol. The van der Waals surface area contributed by atoms with Crippen molar-refractivity contribution in [2.24, 2.45) is 7.05 Å². The molecule has 0 saturated carbocycles. The summed E-state index contributed by atoms with van der Waals surface area (Å²) in [5, 5.41) is 10.1. The van der Waals surface area contributed by atoms with Crippen molar-refractivity contribution in [3.63, 3.8) is 0 Å². The van der Waals surface area contributed by atoms with Crippen LogP contribution in [-0.4, -0.2) is 20.6 Å². The van der Waals surface area contributed by atoms with Gasteiger partial charge in [-0.3, -0.25) is 0 Å². The zero-order valence-corrected chi connectivity index (χ0v) is 12.5. The van der Waals surface area contributed by atoms with Gasteiger partial charge in [-0.25, -0.2) is 9.78 Å². The predicted octanol–water partition coefficient (Wildman–Crippen LogP) is 4.25. The smallest absolute Gasteiger partial charge is 0.335 e. The van der Waals surface area contributed by atoms with Crippen LogP contribution < -0.4 is 0 Å². The predicted molar refractivity (Wildman–Crippen MR) is 83.1 cm³/mol. The monoisotopic (exact) mass is 320 g/mol. The second kappa shape index (κ2) is 5.06. The maximum atomic E-state index is 11.0. The standard InChI is InChI=1S/C15H10Cl2N2O2/c1-19-13-3-2-8(15(20)21)6-12(13)18-14(19)9-4-10(16)7-11(17)5-9/h2-7H,1H3,(H,20,21). The number of rotatable bonds is 2. The fraction of sp³-hybridized carbons (Fsp3) is 0.0667. The van der Waals surface area contributed by atoms with Crippen LogP contribution in [-0.2, 0) is 7.05 Å². The number of carboxylic acids is 1. The number of aromatic carboxylic acids is 1. The van der Waals surface area contributed by atoms with Gasteiger partial charge in [0.1, 0.15) is 5.82 Å². The molecule has 0 bridgehead atoms.